The van der Waals surface area contributed by atoms with Crippen molar-refractivity contribution in [2.75, 3.05) is 0 Å². The van der Waals surface area contributed by atoms with Crippen molar-refractivity contribution < 1.29 is 0 Å². The molecule has 0 bridgehead atoms. The lowest BCUT2D eigenvalue weighted by molar-refractivity contribution is 0.870. The molecule has 0 unspecified atom stereocenters. The zero-order chi connectivity index (χ0) is 10.3. The van der Waals surface area contributed by atoms with Crippen LogP contribution in [0, 0.1) is 11.3 Å². The van der Waals surface area contributed by atoms with Crippen molar-refractivity contribution in [2.45, 2.75) is 0 Å². The molecular weight excluding hydrogens is 264 g/mol. The van der Waals surface area contributed by atoms with Gasteiger partial charge in [-0.3, -0.25) is 4.79 Å². The third kappa shape index (κ3) is 1.27. The Morgan fingerprint density at radius 3 is 3.00 bits per heavy atom. The third-order valence-corrected chi connectivity index (χ3v) is 3.85. The lowest BCUT2D eigenvalue weighted by Crippen LogP contribution is -2.14. The molecule has 0 amide bonds. The molecule has 2 aromatic heterocycles. The number of nitriles is 1. The monoisotopic (exact) mass is 268 g/mol. The molecule has 0 atom stereocenters. The van der Waals surface area contributed by atoms with E-state index in [1.165, 1.54) is 15.9 Å². The maximum Gasteiger partial charge on any atom is 0.259 e. The van der Waals surface area contributed by atoms with Crippen LogP contribution >= 0.6 is 27.3 Å². The summed E-state index contributed by atoms with van der Waals surface area (Å²) in [6, 6.07) is 3.67. The third-order valence-electron chi connectivity index (χ3n) is 1.92. The smallest absolute Gasteiger partial charge is 0.259 e. The van der Waals surface area contributed by atoms with Gasteiger partial charge in [0.25, 0.3) is 5.56 Å². The number of aryl methyl sites for hydroxylation is 1. The zero-order valence-corrected chi connectivity index (χ0v) is 9.65. The van der Waals surface area contributed by atoms with Gasteiger partial charge in [0.1, 0.15) is 10.9 Å². The fourth-order valence-electron chi connectivity index (χ4n) is 1.26. The Morgan fingerprint density at radius 1 is 1.64 bits per heavy atom. The Hall–Kier alpha value is -1.12. The van der Waals surface area contributed by atoms with Crippen LogP contribution in [0.1, 0.15) is 4.88 Å². The molecule has 0 aromatic carbocycles. The highest BCUT2D eigenvalue weighted by Crippen LogP contribution is 2.29. The van der Waals surface area contributed by atoms with Crippen LogP contribution in [-0.2, 0) is 7.05 Å². The van der Waals surface area contributed by atoms with E-state index in [0.717, 1.165) is 9.17 Å². The highest BCUT2D eigenvalue weighted by atomic mass is 79.9. The van der Waals surface area contributed by atoms with Gasteiger partial charge in [-0.25, -0.2) is 0 Å². The van der Waals surface area contributed by atoms with E-state index >= 15 is 0 Å². The van der Waals surface area contributed by atoms with Crippen molar-refractivity contribution in [1.29, 1.82) is 5.26 Å². The Morgan fingerprint density at radius 2 is 2.36 bits per heavy atom. The molecule has 0 N–H and O–H groups in total. The van der Waals surface area contributed by atoms with Crippen LogP contribution < -0.4 is 5.56 Å². The van der Waals surface area contributed by atoms with Crippen molar-refractivity contribution >= 4 is 37.4 Å². The second-order valence-corrected chi connectivity index (χ2v) is 4.76. The Bertz CT molecular complexity index is 606. The number of fused-ring (bicyclic) bond motifs is 1. The number of hydrogen-bond acceptors (Lipinski definition) is 3. The van der Waals surface area contributed by atoms with Gasteiger partial charge in [-0.1, -0.05) is 0 Å². The summed E-state index contributed by atoms with van der Waals surface area (Å²) >= 11 is 4.69. The molecule has 0 saturated carbocycles. The van der Waals surface area contributed by atoms with Gasteiger partial charge in [0.15, 0.2) is 0 Å². The molecule has 0 saturated heterocycles. The van der Waals surface area contributed by atoms with Crippen molar-refractivity contribution in [1.82, 2.24) is 4.57 Å². The highest BCUT2D eigenvalue weighted by molar-refractivity contribution is 9.10. The molecule has 70 valence electrons. The molecule has 3 nitrogen and oxygen atoms in total. The van der Waals surface area contributed by atoms with Crippen LogP contribution in [-0.4, -0.2) is 4.57 Å². The molecule has 2 rings (SSSR count). The quantitative estimate of drug-likeness (QED) is 0.736. The molecule has 0 spiro atoms. The minimum atomic E-state index is -0.0686. The van der Waals surface area contributed by atoms with Crippen LogP contribution in [0.15, 0.2) is 21.5 Å². The second-order valence-electron chi connectivity index (χ2n) is 2.86. The lowest BCUT2D eigenvalue weighted by Gasteiger charge is -1.98. The maximum absolute atomic E-state index is 11.6. The molecule has 0 radical (unpaired) electrons. The largest absolute Gasteiger partial charge is 0.317 e. The first kappa shape index (κ1) is 9.44. The van der Waals surface area contributed by atoms with Gasteiger partial charge in [-0.05, 0) is 22.0 Å². The summed E-state index contributed by atoms with van der Waals surface area (Å²) < 4.78 is 3.19. The molecular formula is C9H5BrN2OS. The number of pyridine rings is 1. The minimum absolute atomic E-state index is 0.0686. The van der Waals surface area contributed by atoms with Crippen molar-refractivity contribution in [2.24, 2.45) is 7.05 Å². The van der Waals surface area contributed by atoms with Gasteiger partial charge in [-0.2, -0.15) is 5.26 Å². The first-order valence-corrected chi connectivity index (χ1v) is 5.43. The molecule has 0 aliphatic rings. The number of nitrogens with zero attached hydrogens (tertiary/aromatic N) is 2. The van der Waals surface area contributed by atoms with E-state index in [1.54, 1.807) is 19.3 Å². The van der Waals surface area contributed by atoms with E-state index in [2.05, 4.69) is 15.9 Å². The average Bonchev–Trinajstić information content (AvgIpc) is 2.58. The molecule has 5 heteroatoms. The van der Waals surface area contributed by atoms with Gasteiger partial charge < -0.3 is 4.57 Å². The molecule has 2 aromatic rings. The normalized spacial score (nSPS) is 10.4. The molecule has 0 aliphatic carbocycles. The van der Waals surface area contributed by atoms with E-state index in [-0.39, 0.29) is 5.56 Å². The number of thiophene rings is 1. The Kier molecular flexibility index (Phi) is 2.17. The average molecular weight is 269 g/mol. The van der Waals surface area contributed by atoms with Crippen LogP contribution in [0.5, 0.6) is 0 Å². The summed E-state index contributed by atoms with van der Waals surface area (Å²) in [6.45, 7) is 0. The van der Waals surface area contributed by atoms with E-state index in [9.17, 15) is 4.79 Å². The number of hydrogen-bond donors (Lipinski definition) is 0. The maximum atomic E-state index is 11.6. The summed E-state index contributed by atoms with van der Waals surface area (Å²) in [5.41, 5.74) is -0.0686. The summed E-state index contributed by atoms with van der Waals surface area (Å²) in [5, 5.41) is 9.33. The molecule has 0 aliphatic heterocycles. The topological polar surface area (TPSA) is 45.8 Å². The first-order valence-electron chi connectivity index (χ1n) is 3.82. The van der Waals surface area contributed by atoms with Crippen molar-refractivity contribution in [3.05, 3.63) is 32.0 Å². The fraction of sp³-hybridized carbons (Fsp3) is 0.111. The zero-order valence-electron chi connectivity index (χ0n) is 7.24. The molecule has 2 heterocycles. The van der Waals surface area contributed by atoms with E-state index in [4.69, 9.17) is 5.26 Å². The minimum Gasteiger partial charge on any atom is -0.317 e. The summed E-state index contributed by atoms with van der Waals surface area (Å²) in [5.74, 6) is 0. The second kappa shape index (κ2) is 3.23. The number of rotatable bonds is 0. The van der Waals surface area contributed by atoms with E-state index in [1.807, 2.05) is 6.07 Å². The van der Waals surface area contributed by atoms with E-state index < -0.39 is 0 Å². The number of aromatic nitrogens is 1. The summed E-state index contributed by atoms with van der Waals surface area (Å²) in [6.07, 6.45) is 1.71. The first-order chi connectivity index (χ1) is 6.63. The SMILES string of the molecule is Cn1cc(Br)c2sc(C#N)cc2c1=O. The molecule has 0 fully saturated rings. The van der Waals surface area contributed by atoms with Gasteiger partial charge in [0.05, 0.1) is 14.6 Å². The Labute approximate surface area is 92.3 Å². The number of halogens is 1. The standard InChI is InChI=1S/C9H5BrN2OS/c1-12-4-7(10)8-6(9(12)13)2-5(3-11)14-8/h2,4H,1H3. The van der Waals surface area contributed by atoms with Crippen LogP contribution in [0.3, 0.4) is 0 Å². The van der Waals surface area contributed by atoms with Gasteiger partial charge >= 0.3 is 0 Å². The summed E-state index contributed by atoms with van der Waals surface area (Å²) in [7, 11) is 1.69. The van der Waals surface area contributed by atoms with E-state index in [0.29, 0.717) is 10.3 Å². The van der Waals surface area contributed by atoms with Gasteiger partial charge in [-0.15, -0.1) is 11.3 Å². The van der Waals surface area contributed by atoms with Crippen LogP contribution in [0.4, 0.5) is 0 Å². The van der Waals surface area contributed by atoms with Gasteiger partial charge in [0.2, 0.25) is 0 Å². The predicted molar refractivity (Wildman–Crippen MR) is 59.5 cm³/mol. The molecule has 14 heavy (non-hydrogen) atoms. The fourth-order valence-corrected chi connectivity index (χ4v) is 2.87. The van der Waals surface area contributed by atoms with Crippen LogP contribution in [0.2, 0.25) is 0 Å². The van der Waals surface area contributed by atoms with Crippen molar-refractivity contribution in [3.63, 3.8) is 0 Å². The highest BCUT2D eigenvalue weighted by Gasteiger charge is 2.09. The van der Waals surface area contributed by atoms with Crippen LogP contribution in [0.25, 0.3) is 10.1 Å². The Balaban J connectivity index is 3.00. The lowest BCUT2D eigenvalue weighted by atomic mass is 10.3. The van der Waals surface area contributed by atoms with Gasteiger partial charge in [0, 0.05) is 13.2 Å². The predicted octanol–water partition coefficient (Wildman–Crippen LogP) is 2.23. The van der Waals surface area contributed by atoms with Crippen molar-refractivity contribution in [3.8, 4) is 6.07 Å². The summed E-state index contributed by atoms with van der Waals surface area (Å²) in [4.78, 5) is 12.2.